The van der Waals surface area contributed by atoms with Crippen LogP contribution in [-0.2, 0) is 4.74 Å². The minimum absolute atomic E-state index is 0.0468. The molecule has 2 aliphatic carbocycles. The highest BCUT2D eigenvalue weighted by Crippen LogP contribution is 2.52. The van der Waals surface area contributed by atoms with Crippen molar-refractivity contribution in [2.75, 3.05) is 62.3 Å². The molecule has 35 heavy (non-hydrogen) atoms. The molecule has 6 rings (SSSR count). The van der Waals surface area contributed by atoms with E-state index in [1.165, 1.54) is 17.4 Å². The predicted molar refractivity (Wildman–Crippen MR) is 136 cm³/mol. The monoisotopic (exact) mass is 499 g/mol. The number of fused-ring (bicyclic) bond motifs is 1. The molecule has 6 nitrogen and oxygen atoms in total. The smallest absolute Gasteiger partial charge is 0.268 e. The van der Waals surface area contributed by atoms with Crippen molar-refractivity contribution in [2.45, 2.75) is 25.4 Å². The summed E-state index contributed by atoms with van der Waals surface area (Å²) in [6.45, 7) is 6.27. The Morgan fingerprint density at radius 3 is 2.63 bits per heavy atom. The van der Waals surface area contributed by atoms with Gasteiger partial charge in [0, 0.05) is 45.0 Å². The van der Waals surface area contributed by atoms with E-state index in [0.29, 0.717) is 72.8 Å². The summed E-state index contributed by atoms with van der Waals surface area (Å²) in [6, 6.07) is 8.97. The van der Waals surface area contributed by atoms with E-state index in [4.69, 9.17) is 4.74 Å². The Labute approximate surface area is 210 Å². The van der Waals surface area contributed by atoms with Crippen LogP contribution in [0.2, 0.25) is 0 Å². The quantitative estimate of drug-likeness (QED) is 0.630. The van der Waals surface area contributed by atoms with Crippen molar-refractivity contribution >= 4 is 28.6 Å². The highest BCUT2D eigenvalue weighted by Gasteiger charge is 2.56. The lowest BCUT2D eigenvalue weighted by atomic mass is 10.1. The van der Waals surface area contributed by atoms with E-state index < -0.39 is 0 Å². The van der Waals surface area contributed by atoms with Gasteiger partial charge in [-0.25, -0.2) is 4.39 Å². The first-order chi connectivity index (χ1) is 17.1. The molecule has 0 radical (unpaired) electrons. The Hall–Kier alpha value is -2.00. The number of nitrogens with zero attached hydrogens (tertiary/aromatic N) is 3. The molecule has 4 unspecified atom stereocenters. The number of likely N-dealkylation sites (tertiary alicyclic amines) is 1. The molecule has 1 N–H and O–H groups in total. The minimum atomic E-state index is -0.286. The van der Waals surface area contributed by atoms with E-state index in [9.17, 15) is 9.90 Å². The molecule has 1 aromatic carbocycles. The number of carbonyl (C=O) groups is 1. The maximum Gasteiger partial charge on any atom is 0.268 e. The fourth-order valence-corrected chi connectivity index (χ4v) is 7.16. The summed E-state index contributed by atoms with van der Waals surface area (Å²) in [6.07, 6.45) is 3.06. The van der Waals surface area contributed by atoms with Gasteiger partial charge in [-0.15, -0.1) is 11.3 Å². The van der Waals surface area contributed by atoms with Crippen molar-refractivity contribution in [2.24, 2.45) is 23.7 Å². The number of aliphatic hydroxyl groups excluding tert-OH is 1. The Balaban J connectivity index is 1.15. The number of hydrogen-bond donors (Lipinski definition) is 1. The number of ether oxygens (including phenoxy) is 1. The number of carbonyl (C=O) groups excluding carboxylic acids is 1. The van der Waals surface area contributed by atoms with Crippen molar-refractivity contribution in [3.63, 3.8) is 0 Å². The topological polar surface area (TPSA) is 56.2 Å². The van der Waals surface area contributed by atoms with E-state index >= 15 is 4.39 Å². The summed E-state index contributed by atoms with van der Waals surface area (Å²) in [5.74, 6) is 1.70. The summed E-state index contributed by atoms with van der Waals surface area (Å²) in [5, 5.41) is 12.1. The SMILES string of the molecule is O=C(c1cccs1)N(CC1C2CN(CC3CCCC3O)CC21)c1ccc(N2CCOCC2)c(F)c1. The minimum Gasteiger partial charge on any atom is -0.393 e. The largest absolute Gasteiger partial charge is 0.393 e. The predicted octanol–water partition coefficient (Wildman–Crippen LogP) is 3.71. The molecule has 1 aromatic heterocycles. The van der Waals surface area contributed by atoms with Crippen LogP contribution in [0.15, 0.2) is 35.7 Å². The molecule has 0 bridgehead atoms. The zero-order valence-corrected chi connectivity index (χ0v) is 20.8. The zero-order valence-electron chi connectivity index (χ0n) is 20.0. The third-order valence-corrected chi connectivity index (χ3v) is 9.38. The number of amides is 1. The fourth-order valence-electron chi connectivity index (χ4n) is 6.49. The van der Waals surface area contributed by atoms with Crippen LogP contribution in [0.25, 0.3) is 0 Å². The molecule has 4 fully saturated rings. The zero-order chi connectivity index (χ0) is 23.9. The van der Waals surface area contributed by atoms with E-state index in [1.54, 1.807) is 4.90 Å². The van der Waals surface area contributed by atoms with Gasteiger partial charge in [0.05, 0.1) is 29.9 Å². The Kier molecular flexibility index (Phi) is 6.56. The molecule has 2 aromatic rings. The molecule has 3 heterocycles. The van der Waals surface area contributed by atoms with Crippen LogP contribution in [0.5, 0.6) is 0 Å². The van der Waals surface area contributed by atoms with Crippen LogP contribution < -0.4 is 9.80 Å². The molecular formula is C27H34FN3O3S. The lowest BCUT2D eigenvalue weighted by Gasteiger charge is -2.30. The number of thiophene rings is 1. The molecule has 2 saturated heterocycles. The van der Waals surface area contributed by atoms with E-state index in [-0.39, 0.29) is 17.8 Å². The van der Waals surface area contributed by atoms with Gasteiger partial charge in [-0.05, 0) is 66.2 Å². The van der Waals surface area contributed by atoms with Crippen LogP contribution in [-0.4, -0.2) is 74.5 Å². The highest BCUT2D eigenvalue weighted by atomic mass is 32.1. The third-order valence-electron chi connectivity index (χ3n) is 8.52. The summed E-state index contributed by atoms with van der Waals surface area (Å²) in [4.78, 5) is 20.5. The number of hydrogen-bond acceptors (Lipinski definition) is 6. The molecule has 188 valence electrons. The summed E-state index contributed by atoms with van der Waals surface area (Å²) >= 11 is 1.43. The number of rotatable bonds is 7. The van der Waals surface area contributed by atoms with E-state index in [0.717, 1.165) is 38.9 Å². The molecule has 4 atom stereocenters. The molecule has 8 heteroatoms. The Morgan fingerprint density at radius 2 is 1.97 bits per heavy atom. The lowest BCUT2D eigenvalue weighted by molar-refractivity contribution is 0.0979. The van der Waals surface area contributed by atoms with Crippen molar-refractivity contribution in [3.05, 3.63) is 46.4 Å². The average molecular weight is 500 g/mol. The first-order valence-corrected chi connectivity index (χ1v) is 13.8. The van der Waals surface area contributed by atoms with E-state index in [1.807, 2.05) is 34.5 Å². The molecule has 4 aliphatic rings. The normalized spacial score (nSPS) is 30.5. The maximum atomic E-state index is 15.2. The van der Waals surface area contributed by atoms with Gasteiger partial charge in [0.1, 0.15) is 5.82 Å². The van der Waals surface area contributed by atoms with Crippen molar-refractivity contribution < 1.29 is 19.0 Å². The maximum absolute atomic E-state index is 15.2. The summed E-state index contributed by atoms with van der Waals surface area (Å²) < 4.78 is 20.6. The molecule has 0 spiro atoms. The number of halogens is 1. The second kappa shape index (κ2) is 9.81. The third kappa shape index (κ3) is 4.73. The number of anilines is 2. The van der Waals surface area contributed by atoms with Gasteiger partial charge < -0.3 is 24.5 Å². The second-order valence-electron chi connectivity index (χ2n) is 10.6. The summed E-state index contributed by atoms with van der Waals surface area (Å²) in [5.41, 5.74) is 1.21. The molecule has 2 saturated carbocycles. The van der Waals surface area contributed by atoms with E-state index in [2.05, 4.69) is 4.90 Å². The van der Waals surface area contributed by atoms with Gasteiger partial charge in [-0.3, -0.25) is 4.79 Å². The van der Waals surface area contributed by atoms with Gasteiger partial charge in [0.25, 0.3) is 5.91 Å². The van der Waals surface area contributed by atoms with Gasteiger partial charge >= 0.3 is 0 Å². The van der Waals surface area contributed by atoms with Crippen LogP contribution in [0.3, 0.4) is 0 Å². The van der Waals surface area contributed by atoms with Crippen LogP contribution in [0, 0.1) is 29.5 Å². The van der Waals surface area contributed by atoms with Crippen molar-refractivity contribution in [3.8, 4) is 0 Å². The van der Waals surface area contributed by atoms with Gasteiger partial charge in [-0.1, -0.05) is 12.5 Å². The van der Waals surface area contributed by atoms with Crippen LogP contribution in [0.4, 0.5) is 15.8 Å². The van der Waals surface area contributed by atoms with Gasteiger partial charge in [0.15, 0.2) is 0 Å². The van der Waals surface area contributed by atoms with Gasteiger partial charge in [0.2, 0.25) is 0 Å². The van der Waals surface area contributed by atoms with Crippen molar-refractivity contribution in [1.29, 1.82) is 0 Å². The van der Waals surface area contributed by atoms with Crippen LogP contribution in [0.1, 0.15) is 28.9 Å². The van der Waals surface area contributed by atoms with Crippen molar-refractivity contribution in [1.82, 2.24) is 4.90 Å². The number of morpholine rings is 1. The number of aliphatic hydroxyl groups is 1. The Morgan fingerprint density at radius 1 is 1.17 bits per heavy atom. The Bertz CT molecular complexity index is 1030. The van der Waals surface area contributed by atoms with Crippen LogP contribution >= 0.6 is 11.3 Å². The van der Waals surface area contributed by atoms with Gasteiger partial charge in [-0.2, -0.15) is 0 Å². The number of piperidine rings is 1. The standard InChI is InChI=1S/C27H34FN3O3S/c28-23-13-19(6-7-24(23)30-8-10-34-11-9-30)31(27(33)26-5-2-12-35-26)17-22-20-15-29(16-21(20)22)14-18-3-1-4-25(18)32/h2,5-7,12-13,18,20-22,25,32H,1,3-4,8-11,14-17H2. The fraction of sp³-hybridized carbons (Fsp3) is 0.593. The first kappa shape index (κ1) is 23.4. The highest BCUT2D eigenvalue weighted by molar-refractivity contribution is 7.12. The number of benzene rings is 1. The summed E-state index contributed by atoms with van der Waals surface area (Å²) in [7, 11) is 0. The first-order valence-electron chi connectivity index (χ1n) is 13.0. The molecule has 1 amide bonds. The molecule has 2 aliphatic heterocycles. The average Bonchev–Trinajstić information content (AvgIpc) is 3.37. The lowest BCUT2D eigenvalue weighted by Crippen LogP contribution is -2.38. The molecular weight excluding hydrogens is 465 g/mol. The second-order valence-corrected chi connectivity index (χ2v) is 11.5.